The SMILES string of the molecule is CC[C@@]1(O)C(=O)N(C)CC1C. The molecule has 0 aromatic rings. The van der Waals surface area contributed by atoms with Gasteiger partial charge in [-0.15, -0.1) is 0 Å². The van der Waals surface area contributed by atoms with Crippen molar-refractivity contribution >= 4 is 5.91 Å². The highest BCUT2D eigenvalue weighted by molar-refractivity contribution is 5.87. The minimum Gasteiger partial charge on any atom is -0.380 e. The Morgan fingerprint density at radius 1 is 1.82 bits per heavy atom. The number of carbonyl (C=O) groups excluding carboxylic acids is 1. The summed E-state index contributed by atoms with van der Waals surface area (Å²) in [5.74, 6) is -0.0718. The molecule has 0 aliphatic carbocycles. The van der Waals surface area contributed by atoms with Gasteiger partial charge < -0.3 is 10.0 Å². The van der Waals surface area contributed by atoms with E-state index in [9.17, 15) is 9.90 Å². The lowest BCUT2D eigenvalue weighted by Crippen LogP contribution is -2.41. The molecule has 0 saturated carbocycles. The van der Waals surface area contributed by atoms with Crippen molar-refractivity contribution in [3.05, 3.63) is 0 Å². The first-order chi connectivity index (χ1) is 5.02. The molecule has 64 valence electrons. The fourth-order valence-electron chi connectivity index (χ4n) is 1.69. The molecular weight excluding hydrogens is 142 g/mol. The van der Waals surface area contributed by atoms with Gasteiger partial charge in [-0.05, 0) is 6.42 Å². The molecule has 1 fully saturated rings. The van der Waals surface area contributed by atoms with Gasteiger partial charge in [0.05, 0.1) is 0 Å². The van der Waals surface area contributed by atoms with Crippen LogP contribution < -0.4 is 0 Å². The predicted octanol–water partition coefficient (Wildman–Crippen LogP) is 0.236. The van der Waals surface area contributed by atoms with E-state index in [2.05, 4.69) is 0 Å². The van der Waals surface area contributed by atoms with Gasteiger partial charge in [0.25, 0.3) is 5.91 Å². The molecule has 1 aliphatic heterocycles. The summed E-state index contributed by atoms with van der Waals surface area (Å²) < 4.78 is 0. The summed E-state index contributed by atoms with van der Waals surface area (Å²) in [5.41, 5.74) is -1.09. The predicted molar refractivity (Wildman–Crippen MR) is 42.0 cm³/mol. The fraction of sp³-hybridized carbons (Fsp3) is 0.875. The van der Waals surface area contributed by atoms with E-state index >= 15 is 0 Å². The summed E-state index contributed by atoms with van der Waals surface area (Å²) in [6, 6.07) is 0. The molecule has 1 aliphatic rings. The summed E-state index contributed by atoms with van der Waals surface area (Å²) in [4.78, 5) is 12.9. The van der Waals surface area contributed by atoms with Gasteiger partial charge >= 0.3 is 0 Å². The molecule has 1 rings (SSSR count). The van der Waals surface area contributed by atoms with Crippen molar-refractivity contribution in [2.75, 3.05) is 13.6 Å². The van der Waals surface area contributed by atoms with Crippen LogP contribution in [0.25, 0.3) is 0 Å². The average Bonchev–Trinajstić information content (AvgIpc) is 2.16. The Balaban J connectivity index is 2.87. The summed E-state index contributed by atoms with van der Waals surface area (Å²) >= 11 is 0. The standard InChI is InChI=1S/C8H15NO2/c1-4-8(11)6(2)5-9(3)7(8)10/h6,11H,4-5H2,1-3H3/t6?,8-/m0/s1. The second-order valence-corrected chi connectivity index (χ2v) is 3.36. The fourth-order valence-corrected chi connectivity index (χ4v) is 1.69. The zero-order valence-corrected chi connectivity index (χ0v) is 7.29. The van der Waals surface area contributed by atoms with E-state index in [-0.39, 0.29) is 11.8 Å². The summed E-state index contributed by atoms with van der Waals surface area (Å²) in [5, 5.41) is 9.82. The van der Waals surface area contributed by atoms with Crippen molar-refractivity contribution in [3.63, 3.8) is 0 Å². The molecule has 1 unspecified atom stereocenters. The van der Waals surface area contributed by atoms with E-state index in [1.807, 2.05) is 13.8 Å². The lowest BCUT2D eigenvalue weighted by molar-refractivity contribution is -0.144. The number of likely N-dealkylation sites (tertiary alicyclic amines) is 1. The van der Waals surface area contributed by atoms with Crippen molar-refractivity contribution in [3.8, 4) is 0 Å². The normalized spacial score (nSPS) is 38.4. The summed E-state index contributed by atoms with van der Waals surface area (Å²) in [6.07, 6.45) is 0.511. The number of nitrogens with zero attached hydrogens (tertiary/aromatic N) is 1. The molecule has 2 atom stereocenters. The highest BCUT2D eigenvalue weighted by Crippen LogP contribution is 2.30. The van der Waals surface area contributed by atoms with Crippen LogP contribution in [0.4, 0.5) is 0 Å². The van der Waals surface area contributed by atoms with E-state index in [1.54, 1.807) is 11.9 Å². The smallest absolute Gasteiger partial charge is 0.254 e. The maximum absolute atomic E-state index is 11.3. The van der Waals surface area contributed by atoms with Gasteiger partial charge in [0, 0.05) is 19.5 Å². The van der Waals surface area contributed by atoms with E-state index in [4.69, 9.17) is 0 Å². The van der Waals surface area contributed by atoms with Crippen molar-refractivity contribution in [1.82, 2.24) is 4.90 Å². The Hall–Kier alpha value is -0.570. The van der Waals surface area contributed by atoms with E-state index < -0.39 is 5.60 Å². The van der Waals surface area contributed by atoms with Gasteiger partial charge in [0.1, 0.15) is 5.60 Å². The maximum atomic E-state index is 11.3. The number of hydrogen-bond donors (Lipinski definition) is 1. The molecule has 1 heterocycles. The third-order valence-corrected chi connectivity index (χ3v) is 2.62. The second-order valence-electron chi connectivity index (χ2n) is 3.36. The third kappa shape index (κ3) is 1.03. The molecule has 1 N–H and O–H groups in total. The average molecular weight is 157 g/mol. The van der Waals surface area contributed by atoms with Gasteiger partial charge in [-0.3, -0.25) is 4.79 Å². The number of carbonyl (C=O) groups is 1. The first-order valence-corrected chi connectivity index (χ1v) is 4.00. The zero-order valence-electron chi connectivity index (χ0n) is 7.29. The van der Waals surface area contributed by atoms with Crippen LogP contribution >= 0.6 is 0 Å². The maximum Gasteiger partial charge on any atom is 0.254 e. The van der Waals surface area contributed by atoms with Gasteiger partial charge in [-0.2, -0.15) is 0 Å². The third-order valence-electron chi connectivity index (χ3n) is 2.62. The van der Waals surface area contributed by atoms with E-state index in [0.717, 1.165) is 0 Å². The molecule has 1 amide bonds. The van der Waals surface area contributed by atoms with Crippen molar-refractivity contribution in [1.29, 1.82) is 0 Å². The van der Waals surface area contributed by atoms with Crippen molar-refractivity contribution in [2.24, 2.45) is 5.92 Å². The number of amides is 1. The Morgan fingerprint density at radius 3 is 2.55 bits per heavy atom. The number of likely N-dealkylation sites (N-methyl/N-ethyl adjacent to an activating group) is 1. The van der Waals surface area contributed by atoms with Crippen LogP contribution in [0.15, 0.2) is 0 Å². The summed E-state index contributed by atoms with van der Waals surface area (Å²) in [6.45, 7) is 4.42. The van der Waals surface area contributed by atoms with Crippen LogP contribution in [0.5, 0.6) is 0 Å². The van der Waals surface area contributed by atoms with Crippen LogP contribution in [0.2, 0.25) is 0 Å². The molecular formula is C8H15NO2. The number of rotatable bonds is 1. The molecule has 0 aromatic carbocycles. The molecule has 11 heavy (non-hydrogen) atoms. The first-order valence-electron chi connectivity index (χ1n) is 4.00. The van der Waals surface area contributed by atoms with E-state index in [0.29, 0.717) is 13.0 Å². The highest BCUT2D eigenvalue weighted by Gasteiger charge is 2.47. The van der Waals surface area contributed by atoms with Crippen molar-refractivity contribution < 1.29 is 9.90 Å². The minimum atomic E-state index is -1.09. The monoisotopic (exact) mass is 157 g/mol. The van der Waals surface area contributed by atoms with Gasteiger partial charge in [0.2, 0.25) is 0 Å². The Kier molecular flexibility index (Phi) is 1.92. The van der Waals surface area contributed by atoms with Crippen LogP contribution in [-0.2, 0) is 4.79 Å². The second kappa shape index (κ2) is 2.48. The van der Waals surface area contributed by atoms with Crippen LogP contribution in [0.3, 0.4) is 0 Å². The Labute approximate surface area is 67.0 Å². The van der Waals surface area contributed by atoms with Crippen molar-refractivity contribution in [2.45, 2.75) is 25.9 Å². The molecule has 0 aromatic heterocycles. The Morgan fingerprint density at radius 2 is 2.36 bits per heavy atom. The van der Waals surface area contributed by atoms with Gasteiger partial charge in [-0.1, -0.05) is 13.8 Å². The molecule has 0 spiro atoms. The summed E-state index contributed by atoms with van der Waals surface area (Å²) in [7, 11) is 1.73. The Bertz CT molecular complexity index is 181. The first kappa shape index (κ1) is 8.53. The van der Waals surface area contributed by atoms with E-state index in [1.165, 1.54) is 0 Å². The lowest BCUT2D eigenvalue weighted by atomic mass is 9.89. The lowest BCUT2D eigenvalue weighted by Gasteiger charge is -2.22. The van der Waals surface area contributed by atoms with Crippen LogP contribution in [0.1, 0.15) is 20.3 Å². The molecule has 3 heteroatoms. The largest absolute Gasteiger partial charge is 0.380 e. The van der Waals surface area contributed by atoms with Crippen LogP contribution in [-0.4, -0.2) is 35.1 Å². The molecule has 3 nitrogen and oxygen atoms in total. The number of aliphatic hydroxyl groups is 1. The quantitative estimate of drug-likeness (QED) is 0.592. The van der Waals surface area contributed by atoms with Gasteiger partial charge in [0.15, 0.2) is 0 Å². The molecule has 0 radical (unpaired) electrons. The van der Waals surface area contributed by atoms with Gasteiger partial charge in [-0.25, -0.2) is 0 Å². The topological polar surface area (TPSA) is 40.5 Å². The minimum absolute atomic E-state index is 0.0602. The zero-order chi connectivity index (χ0) is 8.65. The molecule has 1 saturated heterocycles. The molecule has 0 bridgehead atoms. The highest BCUT2D eigenvalue weighted by atomic mass is 16.3. The van der Waals surface area contributed by atoms with Crippen LogP contribution in [0, 0.1) is 5.92 Å². The number of hydrogen-bond acceptors (Lipinski definition) is 2.